The van der Waals surface area contributed by atoms with Gasteiger partial charge in [0.05, 0.1) is 11.9 Å². The van der Waals surface area contributed by atoms with E-state index >= 15 is 0 Å². The molecule has 2 aromatic rings. The molecule has 88 valence electrons. The van der Waals surface area contributed by atoms with Crippen molar-refractivity contribution in [2.45, 2.75) is 13.5 Å². The van der Waals surface area contributed by atoms with Gasteiger partial charge in [-0.1, -0.05) is 12.7 Å². The first-order chi connectivity index (χ1) is 8.17. The van der Waals surface area contributed by atoms with Gasteiger partial charge in [-0.05, 0) is 13.0 Å². The van der Waals surface area contributed by atoms with Crippen LogP contribution >= 0.6 is 11.3 Å². The second kappa shape index (κ2) is 4.55. The Hall–Kier alpha value is -1.88. The van der Waals surface area contributed by atoms with Crippen LogP contribution in [0.4, 0.5) is 0 Å². The summed E-state index contributed by atoms with van der Waals surface area (Å²) in [6, 6.07) is 1.67. The molecule has 0 saturated heterocycles. The molecule has 0 aliphatic rings. The van der Waals surface area contributed by atoms with Gasteiger partial charge < -0.3 is 5.11 Å². The van der Waals surface area contributed by atoms with E-state index in [2.05, 4.69) is 11.7 Å². The lowest BCUT2D eigenvalue weighted by molar-refractivity contribution is 0.0702. The van der Waals surface area contributed by atoms with E-state index < -0.39 is 5.97 Å². The summed E-state index contributed by atoms with van der Waals surface area (Å²) >= 11 is 1.22. The van der Waals surface area contributed by atoms with E-state index in [4.69, 9.17) is 5.11 Å². The van der Waals surface area contributed by atoms with E-state index in [-0.39, 0.29) is 0 Å². The van der Waals surface area contributed by atoms with Gasteiger partial charge in [-0.2, -0.15) is 5.10 Å². The van der Waals surface area contributed by atoms with Gasteiger partial charge in [0.25, 0.3) is 0 Å². The minimum Gasteiger partial charge on any atom is -0.477 e. The summed E-state index contributed by atoms with van der Waals surface area (Å²) in [5, 5.41) is 15.0. The lowest BCUT2D eigenvalue weighted by atomic mass is 10.1. The third-order valence-corrected chi connectivity index (χ3v) is 3.39. The molecular formula is C12H12N2O2S. The Labute approximate surface area is 103 Å². The number of carbonyl (C=O) groups is 1. The highest BCUT2D eigenvalue weighted by Gasteiger charge is 2.14. The molecule has 0 unspecified atom stereocenters. The summed E-state index contributed by atoms with van der Waals surface area (Å²) in [6.45, 7) is 6.47. The number of thiophene rings is 1. The van der Waals surface area contributed by atoms with Crippen molar-refractivity contribution in [2.24, 2.45) is 0 Å². The predicted molar refractivity (Wildman–Crippen MR) is 68.3 cm³/mol. The van der Waals surface area contributed by atoms with Gasteiger partial charge >= 0.3 is 5.97 Å². The number of hydrogen-bond donors (Lipinski definition) is 1. The number of aromatic carboxylic acids is 1. The van der Waals surface area contributed by atoms with Crippen molar-refractivity contribution in [3.8, 4) is 11.3 Å². The summed E-state index contributed by atoms with van der Waals surface area (Å²) < 4.78 is 1.84. The van der Waals surface area contributed by atoms with Crippen LogP contribution in [0.25, 0.3) is 17.3 Å². The normalized spacial score (nSPS) is 10.4. The van der Waals surface area contributed by atoms with E-state index in [1.54, 1.807) is 18.3 Å². The van der Waals surface area contributed by atoms with Crippen molar-refractivity contribution in [3.05, 3.63) is 34.7 Å². The number of aryl methyl sites for hydroxylation is 1. The molecule has 0 aliphatic heterocycles. The molecule has 17 heavy (non-hydrogen) atoms. The van der Waals surface area contributed by atoms with Gasteiger partial charge in [0, 0.05) is 23.1 Å². The average molecular weight is 248 g/mol. The molecule has 0 bridgehead atoms. The highest BCUT2D eigenvalue weighted by atomic mass is 32.1. The van der Waals surface area contributed by atoms with Crippen molar-refractivity contribution in [2.75, 3.05) is 0 Å². The fourth-order valence-electron chi connectivity index (χ4n) is 1.68. The van der Waals surface area contributed by atoms with Crippen molar-refractivity contribution >= 4 is 23.4 Å². The molecule has 2 aromatic heterocycles. The molecule has 0 fully saturated rings. The van der Waals surface area contributed by atoms with E-state index in [0.717, 1.165) is 23.4 Å². The van der Waals surface area contributed by atoms with Crippen LogP contribution in [-0.2, 0) is 6.54 Å². The maximum atomic E-state index is 10.9. The van der Waals surface area contributed by atoms with Crippen LogP contribution in [0.15, 0.2) is 24.2 Å². The van der Waals surface area contributed by atoms with Crippen LogP contribution in [0, 0.1) is 0 Å². The minimum atomic E-state index is -0.899. The zero-order valence-electron chi connectivity index (χ0n) is 9.38. The van der Waals surface area contributed by atoms with Crippen molar-refractivity contribution < 1.29 is 9.90 Å². The largest absolute Gasteiger partial charge is 0.477 e. The molecule has 0 atom stereocenters. The van der Waals surface area contributed by atoms with Gasteiger partial charge in [-0.15, -0.1) is 11.3 Å². The number of rotatable bonds is 4. The molecule has 1 N–H and O–H groups in total. The quantitative estimate of drug-likeness (QED) is 0.905. The Morgan fingerprint density at radius 1 is 1.71 bits per heavy atom. The Morgan fingerprint density at radius 2 is 2.47 bits per heavy atom. The number of carboxylic acids is 1. The maximum absolute atomic E-state index is 10.9. The summed E-state index contributed by atoms with van der Waals surface area (Å²) in [4.78, 5) is 11.2. The van der Waals surface area contributed by atoms with Crippen LogP contribution in [0.1, 0.15) is 22.2 Å². The van der Waals surface area contributed by atoms with E-state index in [1.807, 2.05) is 17.0 Å². The zero-order chi connectivity index (χ0) is 12.4. The second-order valence-corrected chi connectivity index (χ2v) is 4.38. The first kappa shape index (κ1) is 11.6. The Bertz CT molecular complexity index is 569. The highest BCUT2D eigenvalue weighted by molar-refractivity contribution is 7.12. The lowest BCUT2D eigenvalue weighted by Crippen LogP contribution is -1.98. The molecule has 0 amide bonds. The molecular weight excluding hydrogens is 236 g/mol. The number of hydrogen-bond acceptors (Lipinski definition) is 3. The maximum Gasteiger partial charge on any atom is 0.345 e. The fraction of sp³-hybridized carbons (Fsp3) is 0.167. The highest BCUT2D eigenvalue weighted by Crippen LogP contribution is 2.29. The monoisotopic (exact) mass is 248 g/mol. The van der Waals surface area contributed by atoms with Gasteiger partial charge in [0.15, 0.2) is 0 Å². The molecule has 0 aromatic carbocycles. The smallest absolute Gasteiger partial charge is 0.345 e. The molecule has 2 rings (SSSR count). The first-order valence-electron chi connectivity index (χ1n) is 5.17. The topological polar surface area (TPSA) is 55.1 Å². The standard InChI is InChI=1S/C12H12N2O2S/c1-3-8-6-13-14(4-2)11(8)9-5-10(12(15)16)17-7-9/h3,5-7H,1,4H2,2H3,(H,15,16). The fourth-order valence-corrected chi connectivity index (χ4v) is 2.41. The Kier molecular flexibility index (Phi) is 3.10. The van der Waals surface area contributed by atoms with E-state index in [9.17, 15) is 4.79 Å². The van der Waals surface area contributed by atoms with Gasteiger partial charge in [0.1, 0.15) is 4.88 Å². The van der Waals surface area contributed by atoms with Crippen LogP contribution < -0.4 is 0 Å². The summed E-state index contributed by atoms with van der Waals surface area (Å²) in [5.41, 5.74) is 2.72. The van der Waals surface area contributed by atoms with Crippen LogP contribution in [-0.4, -0.2) is 20.9 Å². The van der Waals surface area contributed by atoms with Gasteiger partial charge in [0.2, 0.25) is 0 Å². The first-order valence-corrected chi connectivity index (χ1v) is 6.05. The Balaban J connectivity index is 2.54. The van der Waals surface area contributed by atoms with Gasteiger partial charge in [-0.25, -0.2) is 4.79 Å². The molecule has 5 heteroatoms. The van der Waals surface area contributed by atoms with Crippen molar-refractivity contribution in [1.29, 1.82) is 0 Å². The average Bonchev–Trinajstić information content (AvgIpc) is 2.94. The summed E-state index contributed by atoms with van der Waals surface area (Å²) in [7, 11) is 0. The SMILES string of the molecule is C=Cc1cnn(CC)c1-c1csc(C(=O)O)c1. The number of aromatic nitrogens is 2. The van der Waals surface area contributed by atoms with Crippen LogP contribution in [0.3, 0.4) is 0 Å². The summed E-state index contributed by atoms with van der Waals surface area (Å²) in [5.74, 6) is -0.899. The molecule has 0 spiro atoms. The van der Waals surface area contributed by atoms with E-state index in [0.29, 0.717) is 4.88 Å². The third-order valence-electron chi connectivity index (χ3n) is 2.47. The lowest BCUT2D eigenvalue weighted by Gasteiger charge is -2.03. The minimum absolute atomic E-state index is 0.332. The van der Waals surface area contributed by atoms with Crippen molar-refractivity contribution in [1.82, 2.24) is 9.78 Å². The Morgan fingerprint density at radius 3 is 3.00 bits per heavy atom. The predicted octanol–water partition coefficient (Wildman–Crippen LogP) is 2.97. The number of nitrogens with zero attached hydrogens (tertiary/aromatic N) is 2. The molecule has 0 aliphatic carbocycles. The number of carboxylic acid groups (broad SMARTS) is 1. The summed E-state index contributed by atoms with van der Waals surface area (Å²) in [6.07, 6.45) is 3.47. The zero-order valence-corrected chi connectivity index (χ0v) is 10.2. The van der Waals surface area contributed by atoms with Crippen LogP contribution in [0.5, 0.6) is 0 Å². The third kappa shape index (κ3) is 2.01. The molecule has 4 nitrogen and oxygen atoms in total. The molecule has 0 radical (unpaired) electrons. The van der Waals surface area contributed by atoms with E-state index in [1.165, 1.54) is 11.3 Å². The molecule has 0 saturated carbocycles. The van der Waals surface area contributed by atoms with Gasteiger partial charge in [-0.3, -0.25) is 4.68 Å². The van der Waals surface area contributed by atoms with Crippen molar-refractivity contribution in [3.63, 3.8) is 0 Å². The molecule has 2 heterocycles. The van der Waals surface area contributed by atoms with Crippen LogP contribution in [0.2, 0.25) is 0 Å². The second-order valence-electron chi connectivity index (χ2n) is 3.47.